The first-order valence-corrected chi connectivity index (χ1v) is 8.53. The molecule has 2 unspecified atom stereocenters. The summed E-state index contributed by atoms with van der Waals surface area (Å²) in [7, 11) is 0. The van der Waals surface area contributed by atoms with E-state index in [4.69, 9.17) is 0 Å². The van der Waals surface area contributed by atoms with Crippen LogP contribution < -0.4 is 10.6 Å². The molecule has 1 aromatic heterocycles. The van der Waals surface area contributed by atoms with Crippen molar-refractivity contribution in [1.82, 2.24) is 20.5 Å². The molecule has 140 valence electrons. The van der Waals surface area contributed by atoms with Crippen molar-refractivity contribution in [2.75, 3.05) is 26.2 Å². The van der Waals surface area contributed by atoms with Crippen molar-refractivity contribution in [2.24, 2.45) is 0 Å². The minimum absolute atomic E-state index is 0. The molecule has 26 heavy (non-hydrogen) atoms. The molecule has 7 heteroatoms. The number of carbonyl (C=O) groups is 1. The van der Waals surface area contributed by atoms with E-state index in [0.717, 1.165) is 30.8 Å². The van der Waals surface area contributed by atoms with Crippen LogP contribution in [-0.2, 0) is 4.79 Å². The number of nitrogens with zero attached hydrogens (tertiary/aromatic N) is 2. The molecule has 1 aliphatic rings. The van der Waals surface area contributed by atoms with Crippen LogP contribution in [0.5, 0.6) is 0 Å². The number of pyridine rings is 1. The number of halogens is 2. The summed E-state index contributed by atoms with van der Waals surface area (Å²) in [5.41, 5.74) is 1.99. The van der Waals surface area contributed by atoms with Crippen LogP contribution in [0.25, 0.3) is 0 Å². The second-order valence-electron chi connectivity index (χ2n) is 6.32. The molecule has 2 atom stereocenters. The predicted octanol–water partition coefficient (Wildman–Crippen LogP) is 2.47. The minimum Gasteiger partial charge on any atom is -0.348 e. The summed E-state index contributed by atoms with van der Waals surface area (Å²) in [5.74, 6) is -0.310. The van der Waals surface area contributed by atoms with Gasteiger partial charge in [0.25, 0.3) is 0 Å². The molecule has 0 radical (unpaired) electrons. The molecule has 2 heterocycles. The third kappa shape index (κ3) is 5.24. The number of benzene rings is 1. The van der Waals surface area contributed by atoms with Crippen molar-refractivity contribution in [2.45, 2.75) is 19.0 Å². The van der Waals surface area contributed by atoms with Gasteiger partial charge in [0.15, 0.2) is 0 Å². The largest absolute Gasteiger partial charge is 0.348 e. The highest BCUT2D eigenvalue weighted by molar-refractivity contribution is 5.85. The van der Waals surface area contributed by atoms with E-state index >= 15 is 0 Å². The molecule has 1 amide bonds. The molecule has 0 saturated carbocycles. The Morgan fingerprint density at radius 3 is 2.85 bits per heavy atom. The molecule has 0 aliphatic carbocycles. The van der Waals surface area contributed by atoms with E-state index < -0.39 is 0 Å². The number of amides is 1. The number of hydrogen-bond acceptors (Lipinski definition) is 4. The van der Waals surface area contributed by atoms with Gasteiger partial charge in [-0.15, -0.1) is 12.4 Å². The van der Waals surface area contributed by atoms with Crippen molar-refractivity contribution < 1.29 is 9.18 Å². The van der Waals surface area contributed by atoms with Gasteiger partial charge >= 0.3 is 0 Å². The van der Waals surface area contributed by atoms with Crippen LogP contribution in [0.3, 0.4) is 0 Å². The van der Waals surface area contributed by atoms with Crippen molar-refractivity contribution in [1.29, 1.82) is 0 Å². The van der Waals surface area contributed by atoms with Crippen LogP contribution in [0.2, 0.25) is 0 Å². The van der Waals surface area contributed by atoms with Crippen molar-refractivity contribution in [3.63, 3.8) is 0 Å². The summed E-state index contributed by atoms with van der Waals surface area (Å²) < 4.78 is 13.0. The fourth-order valence-corrected chi connectivity index (χ4v) is 3.14. The molecule has 3 rings (SSSR count). The topological polar surface area (TPSA) is 57.3 Å². The van der Waals surface area contributed by atoms with E-state index in [-0.39, 0.29) is 36.2 Å². The Morgan fingerprint density at radius 1 is 1.38 bits per heavy atom. The van der Waals surface area contributed by atoms with Crippen LogP contribution in [0.4, 0.5) is 4.39 Å². The number of rotatable bonds is 5. The second kappa shape index (κ2) is 9.62. The zero-order valence-corrected chi connectivity index (χ0v) is 15.5. The summed E-state index contributed by atoms with van der Waals surface area (Å²) in [6, 6.07) is 10.1. The van der Waals surface area contributed by atoms with Crippen molar-refractivity contribution >= 4 is 18.3 Å². The van der Waals surface area contributed by atoms with E-state index in [1.807, 2.05) is 25.3 Å². The maximum atomic E-state index is 13.0. The lowest BCUT2D eigenvalue weighted by molar-refractivity contribution is -0.123. The van der Waals surface area contributed by atoms with Crippen LogP contribution in [-0.4, -0.2) is 42.0 Å². The predicted molar refractivity (Wildman–Crippen MR) is 102 cm³/mol. The molecule has 1 fully saturated rings. The van der Waals surface area contributed by atoms with Gasteiger partial charge in [-0.2, -0.15) is 0 Å². The normalized spacial score (nSPS) is 18.6. The highest BCUT2D eigenvalue weighted by atomic mass is 35.5. The standard InChI is InChI=1S/C19H23FN4O.ClH/c1-14(15-4-6-17(20)7-5-15)23-19(25)13-24-10-9-22-12-18(24)16-3-2-8-21-11-16;/h2-8,11,14,18,22H,9-10,12-13H2,1H3,(H,23,25);1H. The van der Waals surface area contributed by atoms with E-state index in [9.17, 15) is 9.18 Å². The van der Waals surface area contributed by atoms with E-state index in [2.05, 4.69) is 20.5 Å². The van der Waals surface area contributed by atoms with E-state index in [1.165, 1.54) is 12.1 Å². The average Bonchev–Trinajstić information content (AvgIpc) is 2.63. The van der Waals surface area contributed by atoms with E-state index in [0.29, 0.717) is 6.54 Å². The van der Waals surface area contributed by atoms with Crippen LogP contribution in [0, 0.1) is 5.82 Å². The number of nitrogens with one attached hydrogen (secondary N) is 2. The zero-order valence-electron chi connectivity index (χ0n) is 14.7. The van der Waals surface area contributed by atoms with Crippen LogP contribution >= 0.6 is 12.4 Å². The van der Waals surface area contributed by atoms with Crippen LogP contribution in [0.1, 0.15) is 30.1 Å². The van der Waals surface area contributed by atoms with Crippen molar-refractivity contribution in [3.05, 3.63) is 65.7 Å². The van der Waals surface area contributed by atoms with Gasteiger partial charge in [-0.1, -0.05) is 18.2 Å². The van der Waals surface area contributed by atoms with Gasteiger partial charge in [0.2, 0.25) is 5.91 Å². The number of hydrogen-bond donors (Lipinski definition) is 2. The summed E-state index contributed by atoms with van der Waals surface area (Å²) in [5, 5.41) is 6.37. The van der Waals surface area contributed by atoms with Gasteiger partial charge in [-0.25, -0.2) is 4.39 Å². The highest BCUT2D eigenvalue weighted by Gasteiger charge is 2.26. The molecule has 5 nitrogen and oxygen atoms in total. The lowest BCUT2D eigenvalue weighted by atomic mass is 10.1. The molecular formula is C19H24ClFN4O. The second-order valence-corrected chi connectivity index (χ2v) is 6.32. The minimum atomic E-state index is -0.276. The Balaban J connectivity index is 0.00000243. The molecule has 2 N–H and O–H groups in total. The smallest absolute Gasteiger partial charge is 0.234 e. The Labute approximate surface area is 159 Å². The van der Waals surface area contributed by atoms with Gasteiger partial charge in [-0.3, -0.25) is 14.7 Å². The monoisotopic (exact) mass is 378 g/mol. The van der Waals surface area contributed by atoms with Gasteiger partial charge in [-0.05, 0) is 36.2 Å². The molecule has 2 aromatic rings. The molecule has 1 aliphatic heterocycles. The first kappa shape index (κ1) is 20.3. The van der Waals surface area contributed by atoms with Crippen LogP contribution in [0.15, 0.2) is 48.8 Å². The molecular weight excluding hydrogens is 355 g/mol. The third-order valence-corrected chi connectivity index (χ3v) is 4.52. The van der Waals surface area contributed by atoms with Gasteiger partial charge in [0.1, 0.15) is 5.82 Å². The fourth-order valence-electron chi connectivity index (χ4n) is 3.14. The quantitative estimate of drug-likeness (QED) is 0.839. The molecule has 1 saturated heterocycles. The average molecular weight is 379 g/mol. The number of aromatic nitrogens is 1. The summed E-state index contributed by atoms with van der Waals surface area (Å²) in [4.78, 5) is 18.8. The molecule has 0 bridgehead atoms. The van der Waals surface area contributed by atoms with Gasteiger partial charge < -0.3 is 10.6 Å². The fraction of sp³-hybridized carbons (Fsp3) is 0.368. The first-order valence-electron chi connectivity index (χ1n) is 8.53. The Bertz CT molecular complexity index is 698. The molecule has 1 aromatic carbocycles. The summed E-state index contributed by atoms with van der Waals surface area (Å²) in [6.45, 7) is 4.69. The summed E-state index contributed by atoms with van der Waals surface area (Å²) in [6.07, 6.45) is 3.60. The molecule has 0 spiro atoms. The summed E-state index contributed by atoms with van der Waals surface area (Å²) >= 11 is 0. The first-order chi connectivity index (χ1) is 12.1. The Kier molecular flexibility index (Phi) is 7.50. The lowest BCUT2D eigenvalue weighted by Gasteiger charge is -2.36. The SMILES string of the molecule is CC(NC(=O)CN1CCNCC1c1cccnc1)c1ccc(F)cc1.Cl. The highest BCUT2D eigenvalue weighted by Crippen LogP contribution is 2.21. The maximum Gasteiger partial charge on any atom is 0.234 e. The van der Waals surface area contributed by atoms with Crippen molar-refractivity contribution in [3.8, 4) is 0 Å². The Morgan fingerprint density at radius 2 is 2.15 bits per heavy atom. The Hall–Kier alpha value is -2.02. The van der Waals surface area contributed by atoms with E-state index in [1.54, 1.807) is 18.3 Å². The zero-order chi connectivity index (χ0) is 17.6. The third-order valence-electron chi connectivity index (χ3n) is 4.52. The van der Waals surface area contributed by atoms with Gasteiger partial charge in [0, 0.05) is 38.1 Å². The number of carbonyl (C=O) groups excluding carboxylic acids is 1. The number of piperazine rings is 1. The lowest BCUT2D eigenvalue weighted by Crippen LogP contribution is -2.49. The maximum absolute atomic E-state index is 13.0. The van der Waals surface area contributed by atoms with Gasteiger partial charge in [0.05, 0.1) is 12.6 Å².